The van der Waals surface area contributed by atoms with Crippen molar-refractivity contribution < 1.29 is 13.6 Å². The molecule has 1 N–H and O–H groups in total. The fourth-order valence-corrected chi connectivity index (χ4v) is 3.65. The molecule has 0 spiro atoms. The lowest BCUT2D eigenvalue weighted by molar-refractivity contribution is 0.0988. The summed E-state index contributed by atoms with van der Waals surface area (Å²) in [7, 11) is 0. The fraction of sp³-hybridized carbons (Fsp3) is 0.167. The summed E-state index contributed by atoms with van der Waals surface area (Å²) in [4.78, 5) is 21.6. The number of carbonyl (C=O) groups excluding carboxylic acids is 1. The summed E-state index contributed by atoms with van der Waals surface area (Å²) < 4.78 is 27.6. The molecular formula is C18H12ClF2N7O. The van der Waals surface area contributed by atoms with Crippen molar-refractivity contribution in [3.8, 4) is 0 Å². The number of halogens is 3. The Morgan fingerprint density at radius 3 is 2.69 bits per heavy atom. The van der Waals surface area contributed by atoms with Gasteiger partial charge in [-0.25, -0.2) is 13.8 Å². The molecule has 0 aliphatic carbocycles. The van der Waals surface area contributed by atoms with Gasteiger partial charge in [-0.1, -0.05) is 23.7 Å². The predicted molar refractivity (Wildman–Crippen MR) is 99.2 cm³/mol. The molecule has 0 bridgehead atoms. The third-order valence-electron chi connectivity index (χ3n) is 4.82. The summed E-state index contributed by atoms with van der Waals surface area (Å²) >= 11 is 6.00. The van der Waals surface area contributed by atoms with Crippen LogP contribution in [0.2, 0.25) is 5.02 Å². The fourth-order valence-electron chi connectivity index (χ4n) is 3.52. The lowest BCUT2D eigenvalue weighted by Crippen LogP contribution is -2.30. The zero-order valence-electron chi connectivity index (χ0n) is 14.8. The van der Waals surface area contributed by atoms with E-state index in [4.69, 9.17) is 11.6 Å². The second kappa shape index (κ2) is 6.31. The van der Waals surface area contributed by atoms with Crippen LogP contribution in [0, 0.1) is 6.92 Å². The van der Waals surface area contributed by atoms with Gasteiger partial charge in [0.1, 0.15) is 6.04 Å². The van der Waals surface area contributed by atoms with Crippen LogP contribution in [0.3, 0.4) is 0 Å². The number of carbonyl (C=O) groups is 1. The van der Waals surface area contributed by atoms with E-state index in [1.807, 2.05) is 0 Å². The van der Waals surface area contributed by atoms with Gasteiger partial charge in [0, 0.05) is 5.02 Å². The molecule has 0 unspecified atom stereocenters. The van der Waals surface area contributed by atoms with Crippen LogP contribution < -0.4 is 4.90 Å². The average molecular weight is 416 g/mol. The van der Waals surface area contributed by atoms with Gasteiger partial charge in [-0.15, -0.1) is 15.3 Å². The Hall–Kier alpha value is -3.40. The molecule has 1 aliphatic heterocycles. The summed E-state index contributed by atoms with van der Waals surface area (Å²) in [6, 6.07) is 8.06. The van der Waals surface area contributed by atoms with E-state index >= 15 is 0 Å². The van der Waals surface area contributed by atoms with Crippen LogP contribution in [-0.2, 0) is 0 Å². The van der Waals surface area contributed by atoms with Gasteiger partial charge in [-0.2, -0.15) is 4.52 Å². The number of H-pyrrole nitrogens is 1. The number of aromatic nitrogens is 6. The second-order valence-electron chi connectivity index (χ2n) is 6.57. The number of aryl methyl sites for hydroxylation is 1. The van der Waals surface area contributed by atoms with Crippen LogP contribution in [-0.4, -0.2) is 35.7 Å². The summed E-state index contributed by atoms with van der Waals surface area (Å²) in [5, 5.41) is 12.1. The van der Waals surface area contributed by atoms with Crippen LogP contribution in [0.25, 0.3) is 5.65 Å². The highest BCUT2D eigenvalue weighted by Gasteiger charge is 2.42. The van der Waals surface area contributed by atoms with E-state index < -0.39 is 18.3 Å². The number of imidazole rings is 1. The first-order valence-corrected chi connectivity index (χ1v) is 8.97. The van der Waals surface area contributed by atoms with Gasteiger partial charge in [0.15, 0.2) is 17.2 Å². The minimum atomic E-state index is -2.86. The van der Waals surface area contributed by atoms with E-state index in [0.717, 1.165) is 10.1 Å². The highest BCUT2D eigenvalue weighted by Crippen LogP contribution is 2.40. The van der Waals surface area contributed by atoms with Gasteiger partial charge in [0.05, 0.1) is 12.0 Å². The average Bonchev–Trinajstić information content (AvgIpc) is 3.38. The van der Waals surface area contributed by atoms with Crippen molar-refractivity contribution in [2.24, 2.45) is 0 Å². The molecule has 1 aromatic carbocycles. The number of nitrogens with one attached hydrogen (secondary N) is 1. The van der Waals surface area contributed by atoms with Crippen LogP contribution in [0.15, 0.2) is 36.7 Å². The van der Waals surface area contributed by atoms with E-state index in [1.54, 1.807) is 37.3 Å². The molecule has 0 saturated heterocycles. The van der Waals surface area contributed by atoms with Gasteiger partial charge >= 0.3 is 0 Å². The van der Waals surface area contributed by atoms with Crippen LogP contribution in [0.1, 0.15) is 45.6 Å². The Bertz CT molecular complexity index is 1250. The zero-order chi connectivity index (χ0) is 20.3. The van der Waals surface area contributed by atoms with Crippen molar-refractivity contribution in [2.75, 3.05) is 4.90 Å². The standard InChI is InChI=1S/C18H12ClF2N7O/c1-8-6-11(26-28-16(8)24-25-17(28)15(20)21)27-14(9-2-4-10(19)5-3-9)12-13(18(27)29)23-7-22-12/h2-7,14-15H,1H3,(H,22,23)/t14-/m0/s1. The summed E-state index contributed by atoms with van der Waals surface area (Å²) in [5.41, 5.74) is 2.37. The molecule has 1 atom stereocenters. The van der Waals surface area contributed by atoms with Crippen molar-refractivity contribution in [1.82, 2.24) is 29.8 Å². The van der Waals surface area contributed by atoms with Crippen molar-refractivity contribution in [2.45, 2.75) is 19.4 Å². The van der Waals surface area contributed by atoms with E-state index in [0.29, 0.717) is 16.3 Å². The number of fused-ring (bicyclic) bond motifs is 2. The molecular weight excluding hydrogens is 404 g/mol. The number of benzene rings is 1. The smallest absolute Gasteiger partial charge is 0.299 e. The van der Waals surface area contributed by atoms with E-state index in [2.05, 4.69) is 25.3 Å². The second-order valence-corrected chi connectivity index (χ2v) is 7.01. The van der Waals surface area contributed by atoms with Gasteiger partial charge < -0.3 is 4.98 Å². The highest BCUT2D eigenvalue weighted by molar-refractivity contribution is 6.30. The molecule has 4 heterocycles. The molecule has 8 nitrogen and oxygen atoms in total. The summed E-state index contributed by atoms with van der Waals surface area (Å²) in [6.07, 6.45) is -1.41. The van der Waals surface area contributed by atoms with E-state index in [-0.39, 0.29) is 23.1 Å². The Labute approximate surface area is 167 Å². The topological polar surface area (TPSA) is 92.1 Å². The van der Waals surface area contributed by atoms with Crippen LogP contribution in [0.5, 0.6) is 0 Å². The molecule has 0 saturated carbocycles. The molecule has 11 heteroatoms. The van der Waals surface area contributed by atoms with Crippen molar-refractivity contribution in [3.05, 3.63) is 70.0 Å². The Kier molecular flexibility index (Phi) is 3.85. The lowest BCUT2D eigenvalue weighted by atomic mass is 10.0. The molecule has 0 fully saturated rings. The maximum atomic E-state index is 13.3. The molecule has 146 valence electrons. The monoisotopic (exact) mass is 415 g/mol. The number of amides is 1. The van der Waals surface area contributed by atoms with Gasteiger partial charge in [-0.05, 0) is 36.2 Å². The quantitative estimate of drug-likeness (QED) is 0.553. The third-order valence-corrected chi connectivity index (χ3v) is 5.07. The molecule has 3 aromatic heterocycles. The number of rotatable bonds is 3. The first-order valence-electron chi connectivity index (χ1n) is 8.59. The van der Waals surface area contributed by atoms with Gasteiger partial charge in [-0.3, -0.25) is 9.69 Å². The van der Waals surface area contributed by atoms with Crippen molar-refractivity contribution in [1.29, 1.82) is 0 Å². The van der Waals surface area contributed by atoms with Crippen molar-refractivity contribution >= 4 is 29.0 Å². The Morgan fingerprint density at radius 1 is 1.21 bits per heavy atom. The zero-order valence-corrected chi connectivity index (χ0v) is 15.6. The first kappa shape index (κ1) is 17.7. The predicted octanol–water partition coefficient (Wildman–Crippen LogP) is 3.50. The first-order chi connectivity index (χ1) is 14.0. The summed E-state index contributed by atoms with van der Waals surface area (Å²) in [5.74, 6) is -0.788. The SMILES string of the molecule is Cc1cc(N2C(=O)c3nc[nH]c3[C@@H]2c2ccc(Cl)cc2)nn2c(C(F)F)nnc12. The third kappa shape index (κ3) is 2.59. The van der Waals surface area contributed by atoms with Gasteiger partial charge in [0.2, 0.25) is 5.82 Å². The Morgan fingerprint density at radius 2 is 1.97 bits per heavy atom. The summed E-state index contributed by atoms with van der Waals surface area (Å²) in [6.45, 7) is 1.69. The normalized spacial score (nSPS) is 16.2. The molecule has 1 amide bonds. The largest absolute Gasteiger partial charge is 0.346 e. The number of nitrogens with zero attached hydrogens (tertiary/aromatic N) is 6. The van der Waals surface area contributed by atoms with Crippen molar-refractivity contribution in [3.63, 3.8) is 0 Å². The minimum Gasteiger partial charge on any atom is -0.346 e. The van der Waals surface area contributed by atoms with Crippen LogP contribution >= 0.6 is 11.6 Å². The number of anilines is 1. The maximum absolute atomic E-state index is 13.3. The number of hydrogen-bond acceptors (Lipinski definition) is 5. The molecule has 0 radical (unpaired) electrons. The molecule has 4 aromatic rings. The Balaban J connectivity index is 1.71. The van der Waals surface area contributed by atoms with Crippen LogP contribution in [0.4, 0.5) is 14.6 Å². The van der Waals surface area contributed by atoms with E-state index in [9.17, 15) is 13.6 Å². The number of aromatic amines is 1. The molecule has 29 heavy (non-hydrogen) atoms. The van der Waals surface area contributed by atoms with Gasteiger partial charge in [0.25, 0.3) is 12.3 Å². The molecule has 1 aliphatic rings. The highest BCUT2D eigenvalue weighted by atomic mass is 35.5. The maximum Gasteiger partial charge on any atom is 0.299 e. The molecule has 5 rings (SSSR count). The lowest BCUT2D eigenvalue weighted by Gasteiger charge is -2.24. The van der Waals surface area contributed by atoms with E-state index in [1.165, 1.54) is 11.2 Å². The number of hydrogen-bond donors (Lipinski definition) is 1. The number of alkyl halides is 2. The minimum absolute atomic E-state index is 0.188.